The third-order valence-corrected chi connectivity index (χ3v) is 6.07. The number of phenols is 1. The van der Waals surface area contributed by atoms with Crippen molar-refractivity contribution in [3.8, 4) is 17.0 Å². The third kappa shape index (κ3) is 2.84. The van der Waals surface area contributed by atoms with E-state index in [0.717, 1.165) is 32.6 Å². The molecule has 2 aromatic carbocycles. The van der Waals surface area contributed by atoms with Crippen LogP contribution < -0.4 is 11.2 Å². The fraction of sp³-hybridized carbons (Fsp3) is 0.250. The minimum atomic E-state index is -0.464. The van der Waals surface area contributed by atoms with Crippen molar-refractivity contribution in [1.82, 2.24) is 13.7 Å². The fourth-order valence-electron chi connectivity index (χ4n) is 4.49. The van der Waals surface area contributed by atoms with Gasteiger partial charge in [-0.25, -0.2) is 4.79 Å². The van der Waals surface area contributed by atoms with E-state index in [-0.39, 0.29) is 17.0 Å². The quantitative estimate of drug-likeness (QED) is 0.544. The molecule has 1 N–H and O–H groups in total. The Morgan fingerprint density at radius 3 is 2.32 bits per heavy atom. The first-order valence-electron chi connectivity index (χ1n) is 10.2. The summed E-state index contributed by atoms with van der Waals surface area (Å²) in [5.74, 6) is 0.168. The summed E-state index contributed by atoms with van der Waals surface area (Å²) in [7, 11) is 3.19. The van der Waals surface area contributed by atoms with Gasteiger partial charge in [-0.05, 0) is 30.2 Å². The smallest absolute Gasteiger partial charge is 0.331 e. The molecule has 158 valence electrons. The van der Waals surface area contributed by atoms with Gasteiger partial charge in [-0.1, -0.05) is 42.0 Å². The van der Waals surface area contributed by atoms with Crippen LogP contribution in [0.15, 0.2) is 58.1 Å². The number of fused-ring (bicyclic) bond motifs is 3. The molecule has 1 aliphatic heterocycles. The molecule has 31 heavy (non-hydrogen) atoms. The molecular weight excluding hydrogens is 394 g/mol. The number of aromatic hydroxyl groups is 1. The van der Waals surface area contributed by atoms with Crippen LogP contribution in [0.2, 0.25) is 0 Å². The highest BCUT2D eigenvalue weighted by Crippen LogP contribution is 2.40. The van der Waals surface area contributed by atoms with Crippen molar-refractivity contribution in [2.45, 2.75) is 19.6 Å². The Bertz CT molecular complexity index is 1420. The zero-order valence-corrected chi connectivity index (χ0v) is 17.6. The SMILES string of the molecule is Cc1ccc(-c2c3c(=O)n(C)c(=O)n(C)c3c3n2CCO[C@H]3c2ccc(O)cc2)cc1. The summed E-state index contributed by atoms with van der Waals surface area (Å²) in [5.41, 5.74) is 4.36. The molecule has 1 atom stereocenters. The lowest BCUT2D eigenvalue weighted by molar-refractivity contribution is 0.0478. The van der Waals surface area contributed by atoms with E-state index in [1.807, 2.05) is 31.2 Å². The number of hydrogen-bond acceptors (Lipinski definition) is 4. The van der Waals surface area contributed by atoms with Gasteiger partial charge in [0, 0.05) is 20.6 Å². The van der Waals surface area contributed by atoms with Gasteiger partial charge < -0.3 is 14.4 Å². The van der Waals surface area contributed by atoms with Crippen LogP contribution >= 0.6 is 0 Å². The minimum Gasteiger partial charge on any atom is -0.508 e. The van der Waals surface area contributed by atoms with Crippen molar-refractivity contribution in [3.05, 3.63) is 86.2 Å². The van der Waals surface area contributed by atoms with Crippen LogP contribution in [0, 0.1) is 6.92 Å². The minimum absolute atomic E-state index is 0.168. The molecule has 4 aromatic rings. The summed E-state index contributed by atoms with van der Waals surface area (Å²) < 4.78 is 10.9. The maximum Gasteiger partial charge on any atom is 0.331 e. The van der Waals surface area contributed by atoms with E-state index < -0.39 is 6.10 Å². The van der Waals surface area contributed by atoms with Crippen LogP contribution in [-0.2, 0) is 25.4 Å². The number of phenolic OH excluding ortho intramolecular Hbond substituents is 1. The predicted molar refractivity (Wildman–Crippen MR) is 118 cm³/mol. The second kappa shape index (κ2) is 6.99. The molecular formula is C24H23N3O4. The van der Waals surface area contributed by atoms with E-state index >= 15 is 0 Å². The molecule has 0 aliphatic carbocycles. The summed E-state index contributed by atoms with van der Waals surface area (Å²) >= 11 is 0. The third-order valence-electron chi connectivity index (χ3n) is 6.07. The molecule has 0 fully saturated rings. The van der Waals surface area contributed by atoms with Crippen LogP contribution in [0.3, 0.4) is 0 Å². The van der Waals surface area contributed by atoms with Crippen LogP contribution in [0.1, 0.15) is 22.9 Å². The van der Waals surface area contributed by atoms with Gasteiger partial charge in [-0.2, -0.15) is 0 Å². The van der Waals surface area contributed by atoms with Crippen molar-refractivity contribution in [3.63, 3.8) is 0 Å². The van der Waals surface area contributed by atoms with E-state index in [2.05, 4.69) is 4.57 Å². The van der Waals surface area contributed by atoms with E-state index in [9.17, 15) is 14.7 Å². The summed E-state index contributed by atoms with van der Waals surface area (Å²) in [6, 6.07) is 14.9. The number of hydrogen-bond donors (Lipinski definition) is 1. The average Bonchev–Trinajstić information content (AvgIpc) is 3.13. The Kier molecular flexibility index (Phi) is 4.37. The maximum atomic E-state index is 13.3. The van der Waals surface area contributed by atoms with Gasteiger partial charge >= 0.3 is 5.69 Å². The zero-order valence-electron chi connectivity index (χ0n) is 17.6. The molecule has 2 aromatic heterocycles. The fourth-order valence-corrected chi connectivity index (χ4v) is 4.49. The van der Waals surface area contributed by atoms with Gasteiger partial charge in [-0.3, -0.25) is 13.9 Å². The molecule has 0 saturated carbocycles. The number of nitrogens with zero attached hydrogens (tertiary/aromatic N) is 3. The molecule has 0 spiro atoms. The van der Waals surface area contributed by atoms with Crippen molar-refractivity contribution in [2.75, 3.05) is 6.61 Å². The highest BCUT2D eigenvalue weighted by atomic mass is 16.5. The maximum absolute atomic E-state index is 13.3. The lowest BCUT2D eigenvalue weighted by Crippen LogP contribution is -2.37. The summed E-state index contributed by atoms with van der Waals surface area (Å²) in [6.45, 7) is 3.05. The van der Waals surface area contributed by atoms with Crippen molar-refractivity contribution < 1.29 is 9.84 Å². The first-order valence-corrected chi connectivity index (χ1v) is 10.2. The average molecular weight is 417 g/mol. The second-order valence-corrected chi connectivity index (χ2v) is 8.02. The molecule has 7 nitrogen and oxygen atoms in total. The van der Waals surface area contributed by atoms with Gasteiger partial charge in [0.1, 0.15) is 11.9 Å². The van der Waals surface area contributed by atoms with Crippen LogP contribution in [0.25, 0.3) is 22.2 Å². The Balaban J connectivity index is 1.93. The van der Waals surface area contributed by atoms with E-state index in [1.165, 1.54) is 11.6 Å². The predicted octanol–water partition coefficient (Wildman–Crippen LogP) is 2.84. The highest BCUT2D eigenvalue weighted by molar-refractivity contribution is 5.96. The molecule has 1 aliphatic rings. The number of ether oxygens (including phenoxy) is 1. The number of benzene rings is 2. The van der Waals surface area contributed by atoms with E-state index in [0.29, 0.717) is 24.1 Å². The van der Waals surface area contributed by atoms with Crippen LogP contribution in [0.4, 0.5) is 0 Å². The number of aromatic nitrogens is 3. The summed E-state index contributed by atoms with van der Waals surface area (Å²) in [4.78, 5) is 26.1. The Labute approximate surface area is 178 Å². The van der Waals surface area contributed by atoms with Gasteiger partial charge in [0.15, 0.2) is 0 Å². The van der Waals surface area contributed by atoms with Gasteiger partial charge in [0.2, 0.25) is 0 Å². The first kappa shape index (κ1) is 19.4. The standard InChI is InChI=1S/C24H23N3O4/c1-14-4-6-15(7-5-14)19-18-20(25(2)24(30)26(3)23(18)29)21-22(31-13-12-27(19)21)16-8-10-17(28)11-9-16/h4-11,22,28H,12-13H2,1-3H3/t22-/m0/s1. The van der Waals surface area contributed by atoms with Crippen LogP contribution in [-0.4, -0.2) is 25.4 Å². The molecule has 0 radical (unpaired) electrons. The molecule has 0 unspecified atom stereocenters. The lowest BCUT2D eigenvalue weighted by atomic mass is 10.0. The van der Waals surface area contributed by atoms with Crippen molar-refractivity contribution >= 4 is 10.9 Å². The summed E-state index contributed by atoms with van der Waals surface area (Å²) in [5, 5.41) is 10.2. The van der Waals surface area contributed by atoms with Crippen LogP contribution in [0.5, 0.6) is 5.75 Å². The second-order valence-electron chi connectivity index (χ2n) is 8.02. The molecule has 0 amide bonds. The van der Waals surface area contributed by atoms with E-state index in [4.69, 9.17) is 4.74 Å². The topological polar surface area (TPSA) is 78.4 Å². The molecule has 0 bridgehead atoms. The summed E-state index contributed by atoms with van der Waals surface area (Å²) in [6.07, 6.45) is -0.464. The normalized spacial score (nSPS) is 15.9. The van der Waals surface area contributed by atoms with Gasteiger partial charge in [0.05, 0.1) is 28.9 Å². The zero-order chi connectivity index (χ0) is 21.9. The Hall–Kier alpha value is -3.58. The number of aryl methyl sites for hydroxylation is 2. The van der Waals surface area contributed by atoms with Crippen molar-refractivity contribution in [1.29, 1.82) is 0 Å². The first-order chi connectivity index (χ1) is 14.9. The molecule has 7 heteroatoms. The van der Waals surface area contributed by atoms with Crippen molar-refractivity contribution in [2.24, 2.45) is 14.1 Å². The van der Waals surface area contributed by atoms with Gasteiger partial charge in [0.25, 0.3) is 5.56 Å². The Morgan fingerprint density at radius 2 is 1.65 bits per heavy atom. The largest absolute Gasteiger partial charge is 0.508 e. The monoisotopic (exact) mass is 417 g/mol. The number of rotatable bonds is 2. The van der Waals surface area contributed by atoms with E-state index in [1.54, 1.807) is 31.3 Å². The molecule has 3 heterocycles. The molecule has 0 saturated heterocycles. The highest BCUT2D eigenvalue weighted by Gasteiger charge is 2.33. The molecule has 5 rings (SSSR count). The lowest BCUT2D eigenvalue weighted by Gasteiger charge is -2.27. The van der Waals surface area contributed by atoms with Gasteiger partial charge in [-0.15, -0.1) is 0 Å². The Morgan fingerprint density at radius 1 is 0.968 bits per heavy atom.